The molecule has 0 bridgehead atoms. The van der Waals surface area contributed by atoms with Gasteiger partial charge in [0.2, 0.25) is 0 Å². The first-order chi connectivity index (χ1) is 12.0. The van der Waals surface area contributed by atoms with Gasteiger partial charge in [-0.3, -0.25) is 4.79 Å². The topological polar surface area (TPSA) is 99.4 Å². The summed E-state index contributed by atoms with van der Waals surface area (Å²) in [6.45, 7) is -0.529. The van der Waals surface area contributed by atoms with Crippen molar-refractivity contribution in [2.75, 3.05) is 11.9 Å². The number of halogens is 1. The number of nitrogens with zero attached hydrogens (tertiary/aromatic N) is 1. The van der Waals surface area contributed by atoms with Gasteiger partial charge in [0, 0.05) is 5.56 Å². The smallest absolute Gasteiger partial charge is 0.341 e. The molecule has 0 radical (unpaired) electrons. The molecule has 0 aliphatic heterocycles. The van der Waals surface area contributed by atoms with Gasteiger partial charge >= 0.3 is 5.97 Å². The predicted octanol–water partition coefficient (Wildman–Crippen LogP) is 3.35. The lowest BCUT2D eigenvalue weighted by molar-refractivity contribution is -0.139. The van der Waals surface area contributed by atoms with Gasteiger partial charge in [-0.2, -0.15) is 5.26 Å². The molecule has 0 fully saturated rings. The molecule has 2 rings (SSSR count). The lowest BCUT2D eigenvalue weighted by Gasteiger charge is -2.08. The Balaban J connectivity index is 2.25. The maximum Gasteiger partial charge on any atom is 0.341 e. The van der Waals surface area contributed by atoms with Gasteiger partial charge in [0.15, 0.2) is 6.61 Å². The number of carboxylic acid groups (broad SMARTS) is 1. The lowest BCUT2D eigenvalue weighted by atomic mass is 10.1. The fourth-order valence-electron chi connectivity index (χ4n) is 1.93. The minimum absolute atomic E-state index is 0.175. The van der Waals surface area contributed by atoms with E-state index in [0.29, 0.717) is 16.3 Å². The first-order valence-electron chi connectivity index (χ1n) is 7.12. The van der Waals surface area contributed by atoms with Gasteiger partial charge in [0.05, 0.1) is 10.7 Å². The van der Waals surface area contributed by atoms with E-state index in [2.05, 4.69) is 5.32 Å². The largest absolute Gasteiger partial charge is 0.481 e. The molecule has 0 spiro atoms. The number of nitrogens with one attached hydrogen (secondary N) is 1. The molecule has 0 aliphatic carbocycles. The van der Waals surface area contributed by atoms with Crippen LogP contribution >= 0.6 is 11.6 Å². The fraction of sp³-hybridized carbons (Fsp3) is 0.0556. The van der Waals surface area contributed by atoms with Crippen LogP contribution in [0.3, 0.4) is 0 Å². The van der Waals surface area contributed by atoms with Gasteiger partial charge in [0.1, 0.15) is 17.4 Å². The molecule has 2 aromatic carbocycles. The molecule has 7 heteroatoms. The van der Waals surface area contributed by atoms with Crippen molar-refractivity contribution in [2.24, 2.45) is 0 Å². The third-order valence-electron chi connectivity index (χ3n) is 3.06. The Bertz CT molecular complexity index is 871. The molecule has 1 amide bonds. The summed E-state index contributed by atoms with van der Waals surface area (Å²) in [7, 11) is 0. The molecule has 0 saturated carbocycles. The van der Waals surface area contributed by atoms with Gasteiger partial charge in [0.25, 0.3) is 5.91 Å². The van der Waals surface area contributed by atoms with Crippen molar-refractivity contribution >= 4 is 35.2 Å². The number of aliphatic carboxylic acids is 1. The molecule has 6 nitrogen and oxygen atoms in total. The Morgan fingerprint density at radius 2 is 1.88 bits per heavy atom. The number of amides is 1. The summed E-state index contributed by atoms with van der Waals surface area (Å²) >= 11 is 5.98. The fourth-order valence-corrected chi connectivity index (χ4v) is 2.11. The zero-order valence-corrected chi connectivity index (χ0v) is 13.7. The van der Waals surface area contributed by atoms with E-state index in [0.717, 1.165) is 0 Å². The molecule has 0 aliphatic rings. The van der Waals surface area contributed by atoms with Crippen molar-refractivity contribution in [2.45, 2.75) is 0 Å². The Morgan fingerprint density at radius 1 is 1.20 bits per heavy atom. The first-order valence-corrected chi connectivity index (χ1v) is 7.50. The normalized spacial score (nSPS) is 10.6. The Morgan fingerprint density at radius 3 is 2.56 bits per heavy atom. The van der Waals surface area contributed by atoms with E-state index in [1.54, 1.807) is 48.5 Å². The van der Waals surface area contributed by atoms with Crippen molar-refractivity contribution in [1.29, 1.82) is 5.26 Å². The van der Waals surface area contributed by atoms with Crippen LogP contribution in [0.4, 0.5) is 5.69 Å². The second-order valence-electron chi connectivity index (χ2n) is 4.82. The number of carbonyl (C=O) groups excluding carboxylic acids is 1. The number of para-hydroxylation sites is 2. The predicted molar refractivity (Wildman–Crippen MR) is 93.2 cm³/mol. The molecular weight excluding hydrogens is 344 g/mol. The van der Waals surface area contributed by atoms with Crippen LogP contribution in [-0.2, 0) is 9.59 Å². The zero-order chi connectivity index (χ0) is 18.2. The highest BCUT2D eigenvalue weighted by Crippen LogP contribution is 2.23. The van der Waals surface area contributed by atoms with Gasteiger partial charge in [-0.1, -0.05) is 41.9 Å². The number of carboxylic acids is 1. The maximum atomic E-state index is 12.3. The van der Waals surface area contributed by atoms with E-state index < -0.39 is 18.5 Å². The standard InChI is InChI=1S/C18H13ClN2O4/c19-14-6-2-3-7-15(14)21-18(24)13(10-20)9-12-5-1-4-8-16(12)25-11-17(22)23/h1-9H,11H2,(H,21,24)(H,22,23)/b13-9+. The first kappa shape index (κ1) is 18.0. The van der Waals surface area contributed by atoms with Crippen LogP contribution in [0.5, 0.6) is 5.75 Å². The SMILES string of the molecule is N#C/C(=C\c1ccccc1OCC(=O)O)C(=O)Nc1ccccc1Cl. The number of ether oxygens (including phenoxy) is 1. The quantitative estimate of drug-likeness (QED) is 0.610. The average molecular weight is 357 g/mol. The van der Waals surface area contributed by atoms with E-state index in [-0.39, 0.29) is 11.3 Å². The minimum Gasteiger partial charge on any atom is -0.481 e. The van der Waals surface area contributed by atoms with Gasteiger partial charge in [-0.05, 0) is 24.3 Å². The minimum atomic E-state index is -1.13. The van der Waals surface area contributed by atoms with Gasteiger partial charge in [-0.25, -0.2) is 4.79 Å². The second kappa shape index (κ2) is 8.52. The summed E-state index contributed by atoms with van der Waals surface area (Å²) in [5.41, 5.74) is 0.617. The number of anilines is 1. The molecule has 2 N–H and O–H groups in total. The van der Waals surface area contributed by atoms with E-state index in [4.69, 9.17) is 21.4 Å². The van der Waals surface area contributed by atoms with Crippen LogP contribution < -0.4 is 10.1 Å². The molecule has 0 atom stereocenters. The van der Waals surface area contributed by atoms with Gasteiger partial charge in [-0.15, -0.1) is 0 Å². The molecule has 0 saturated heterocycles. The number of rotatable bonds is 6. The molecular formula is C18H13ClN2O4. The van der Waals surface area contributed by atoms with Crippen LogP contribution in [0.1, 0.15) is 5.56 Å². The average Bonchev–Trinajstić information content (AvgIpc) is 2.60. The van der Waals surface area contributed by atoms with E-state index >= 15 is 0 Å². The lowest BCUT2D eigenvalue weighted by Crippen LogP contribution is -2.14. The third kappa shape index (κ3) is 5.09. The van der Waals surface area contributed by atoms with Crippen LogP contribution in [0, 0.1) is 11.3 Å². The van der Waals surface area contributed by atoms with Crippen LogP contribution in [0.25, 0.3) is 6.08 Å². The van der Waals surface area contributed by atoms with Crippen molar-refractivity contribution in [3.8, 4) is 11.8 Å². The number of nitriles is 1. The van der Waals surface area contributed by atoms with Crippen LogP contribution in [0.15, 0.2) is 54.1 Å². The summed E-state index contributed by atoms with van der Waals surface area (Å²) < 4.78 is 5.15. The highest BCUT2D eigenvalue weighted by Gasteiger charge is 2.13. The highest BCUT2D eigenvalue weighted by atomic mass is 35.5. The Labute approximate surface area is 148 Å². The zero-order valence-electron chi connectivity index (χ0n) is 12.9. The summed E-state index contributed by atoms with van der Waals surface area (Å²) in [5.74, 6) is -1.51. The number of carbonyl (C=O) groups is 2. The summed E-state index contributed by atoms with van der Waals surface area (Å²) in [4.78, 5) is 22.9. The van der Waals surface area contributed by atoms with Crippen molar-refractivity contribution in [3.05, 3.63) is 64.7 Å². The molecule has 25 heavy (non-hydrogen) atoms. The molecule has 126 valence electrons. The number of benzene rings is 2. The van der Waals surface area contributed by atoms with E-state index in [9.17, 15) is 14.9 Å². The van der Waals surface area contributed by atoms with E-state index in [1.165, 1.54) is 6.08 Å². The monoisotopic (exact) mass is 356 g/mol. The van der Waals surface area contributed by atoms with Crippen molar-refractivity contribution in [3.63, 3.8) is 0 Å². The molecule has 0 aromatic heterocycles. The van der Waals surface area contributed by atoms with Gasteiger partial charge < -0.3 is 15.2 Å². The molecule has 0 unspecified atom stereocenters. The third-order valence-corrected chi connectivity index (χ3v) is 3.39. The second-order valence-corrected chi connectivity index (χ2v) is 5.23. The van der Waals surface area contributed by atoms with Crippen LogP contribution in [-0.4, -0.2) is 23.6 Å². The van der Waals surface area contributed by atoms with Crippen molar-refractivity contribution < 1.29 is 19.4 Å². The number of hydrogen-bond donors (Lipinski definition) is 2. The number of hydrogen-bond acceptors (Lipinski definition) is 4. The Kier molecular flexibility index (Phi) is 6.15. The summed E-state index contributed by atoms with van der Waals surface area (Å²) in [6, 6.07) is 15.0. The molecule has 2 aromatic rings. The summed E-state index contributed by atoms with van der Waals surface area (Å²) in [6.07, 6.45) is 1.32. The van der Waals surface area contributed by atoms with Crippen molar-refractivity contribution in [1.82, 2.24) is 0 Å². The molecule has 0 heterocycles. The van der Waals surface area contributed by atoms with Crippen LogP contribution in [0.2, 0.25) is 5.02 Å². The Hall–Kier alpha value is -3.30. The highest BCUT2D eigenvalue weighted by molar-refractivity contribution is 6.34. The van der Waals surface area contributed by atoms with E-state index in [1.807, 2.05) is 6.07 Å². The maximum absolute atomic E-state index is 12.3. The summed E-state index contributed by atoms with van der Waals surface area (Å²) in [5, 5.41) is 20.9.